The number of aliphatic hydroxyl groups is 5. The topological polar surface area (TPSA) is 149 Å². The van der Waals surface area contributed by atoms with Crippen LogP contribution < -0.4 is 5.32 Å². The molecule has 7 unspecified atom stereocenters. The highest BCUT2D eigenvalue weighted by Crippen LogP contribution is 2.23. The standard InChI is InChI=1S/C67H111NO8/c1-3-5-7-9-11-13-15-17-19-21-23-25-26-27-28-29-30-31-32-33-34-35-36-37-39-41-43-45-47-49-51-53-55-57-63(71)68-60(59-75-67-66(74)65(73)64(72)62(58-69)76-67)61(70)56-54-52-50-48-46-44-42-40-38-24-22-20-18-16-14-12-10-8-6-4-2/h5,7,11,13,17,19,23,25,27-28,30-31,33-34,36-37,41,43,46,48,54,56,60-62,64-67,69-70,72-74H,3-4,6,8-10,12,14-16,18,20-22,24,26,29,32,35,38-40,42,44-45,47,49-53,55,57-59H2,1-2H3,(H,68,71)/b7-5-,13-11-,19-17-,25-23-,28-27-,31-30-,34-33-,37-36-,43-41-,48-46+,56-54+. The molecule has 1 aliphatic heterocycles. The second-order valence-corrected chi connectivity index (χ2v) is 20.4. The van der Waals surface area contributed by atoms with E-state index in [4.69, 9.17) is 9.47 Å². The molecule has 0 saturated carbocycles. The molecule has 0 bridgehead atoms. The van der Waals surface area contributed by atoms with Crippen LogP contribution >= 0.6 is 0 Å². The van der Waals surface area contributed by atoms with Crippen LogP contribution in [-0.4, -0.2) is 87.5 Å². The Morgan fingerprint density at radius 2 is 0.829 bits per heavy atom. The van der Waals surface area contributed by atoms with Crippen molar-refractivity contribution >= 4 is 5.91 Å². The van der Waals surface area contributed by atoms with Crippen LogP contribution in [0.25, 0.3) is 0 Å². The summed E-state index contributed by atoms with van der Waals surface area (Å²) in [6.45, 7) is 3.64. The lowest BCUT2D eigenvalue weighted by molar-refractivity contribution is -0.302. The van der Waals surface area contributed by atoms with Crippen molar-refractivity contribution in [2.45, 2.75) is 269 Å². The van der Waals surface area contributed by atoms with E-state index in [1.807, 2.05) is 6.08 Å². The van der Waals surface area contributed by atoms with E-state index >= 15 is 0 Å². The lowest BCUT2D eigenvalue weighted by atomic mass is 9.99. The monoisotopic (exact) mass is 1060 g/mol. The molecule has 1 amide bonds. The fraction of sp³-hybridized carbons (Fsp3) is 0.657. The van der Waals surface area contributed by atoms with Crippen LogP contribution in [0.2, 0.25) is 0 Å². The van der Waals surface area contributed by atoms with Crippen LogP contribution in [0.4, 0.5) is 0 Å². The third-order valence-electron chi connectivity index (χ3n) is 13.5. The van der Waals surface area contributed by atoms with Crippen molar-refractivity contribution in [3.63, 3.8) is 0 Å². The largest absolute Gasteiger partial charge is 0.394 e. The predicted molar refractivity (Wildman–Crippen MR) is 322 cm³/mol. The van der Waals surface area contributed by atoms with Crippen molar-refractivity contribution in [1.82, 2.24) is 5.32 Å². The van der Waals surface area contributed by atoms with Gasteiger partial charge in [0.1, 0.15) is 24.4 Å². The van der Waals surface area contributed by atoms with Crippen molar-refractivity contribution < 1.29 is 39.8 Å². The zero-order valence-electron chi connectivity index (χ0n) is 48.0. The molecule has 1 saturated heterocycles. The molecule has 0 radical (unpaired) electrons. The molecule has 0 aromatic heterocycles. The summed E-state index contributed by atoms with van der Waals surface area (Å²) >= 11 is 0. The van der Waals surface area contributed by atoms with E-state index < -0.39 is 49.5 Å². The van der Waals surface area contributed by atoms with Gasteiger partial charge in [0.05, 0.1) is 25.4 Å². The maximum Gasteiger partial charge on any atom is 0.220 e. The van der Waals surface area contributed by atoms with Crippen molar-refractivity contribution in [3.8, 4) is 0 Å². The summed E-state index contributed by atoms with van der Waals surface area (Å²) < 4.78 is 11.3. The number of allylic oxidation sites excluding steroid dienone is 21. The van der Waals surface area contributed by atoms with E-state index in [0.29, 0.717) is 6.42 Å². The fourth-order valence-electron chi connectivity index (χ4n) is 8.69. The summed E-state index contributed by atoms with van der Waals surface area (Å²) in [5.74, 6) is -0.211. The molecule has 6 N–H and O–H groups in total. The van der Waals surface area contributed by atoms with Crippen LogP contribution in [0.3, 0.4) is 0 Å². The van der Waals surface area contributed by atoms with Gasteiger partial charge in [-0.15, -0.1) is 0 Å². The lowest BCUT2D eigenvalue weighted by Crippen LogP contribution is -2.60. The van der Waals surface area contributed by atoms with E-state index in [0.717, 1.165) is 116 Å². The number of carbonyl (C=O) groups is 1. The quantitative estimate of drug-likeness (QED) is 0.0261. The SMILES string of the molecule is CC/C=C\C/C=C\C/C=C\C/C=C\C/C=C\C/C=C\C/C=C\C/C=C\C/C=C\CCCCCCCC(=O)NC(COC1OC(CO)C(O)C(O)C1O)C(O)/C=C/CC/C=C/CCCCCCCCCCCCCCCC. The Kier molecular flexibility index (Phi) is 50.6. The zero-order valence-corrected chi connectivity index (χ0v) is 48.0. The molecule has 0 spiro atoms. The molecular weight excluding hydrogens is 947 g/mol. The van der Waals surface area contributed by atoms with Crippen LogP contribution in [-0.2, 0) is 14.3 Å². The summed E-state index contributed by atoms with van der Waals surface area (Å²) in [6.07, 6.45) is 76.6. The van der Waals surface area contributed by atoms with Gasteiger partial charge in [0.2, 0.25) is 5.91 Å². The van der Waals surface area contributed by atoms with Gasteiger partial charge in [-0.1, -0.05) is 250 Å². The Labute approximate surface area is 464 Å². The summed E-state index contributed by atoms with van der Waals surface area (Å²) in [4.78, 5) is 13.1. The van der Waals surface area contributed by atoms with E-state index in [2.05, 4.69) is 141 Å². The number of ether oxygens (including phenoxy) is 2. The Morgan fingerprint density at radius 1 is 0.461 bits per heavy atom. The van der Waals surface area contributed by atoms with Gasteiger partial charge in [0.15, 0.2) is 6.29 Å². The van der Waals surface area contributed by atoms with Gasteiger partial charge in [0.25, 0.3) is 0 Å². The summed E-state index contributed by atoms with van der Waals surface area (Å²) in [6, 6.07) is -0.843. The molecule has 0 aromatic carbocycles. The number of hydrogen-bond acceptors (Lipinski definition) is 8. The first-order chi connectivity index (χ1) is 37.3. The highest BCUT2D eigenvalue weighted by molar-refractivity contribution is 5.76. The summed E-state index contributed by atoms with van der Waals surface area (Å²) in [5, 5.41) is 54.5. The number of unbranched alkanes of at least 4 members (excludes halogenated alkanes) is 20. The average molecular weight is 1060 g/mol. The van der Waals surface area contributed by atoms with Gasteiger partial charge in [0, 0.05) is 6.42 Å². The molecule has 0 aliphatic carbocycles. The Hall–Kier alpha value is -3.67. The number of aliphatic hydroxyl groups excluding tert-OH is 5. The van der Waals surface area contributed by atoms with Gasteiger partial charge in [-0.05, 0) is 103 Å². The maximum atomic E-state index is 13.1. The number of carbonyl (C=O) groups excluding carboxylic acids is 1. The van der Waals surface area contributed by atoms with E-state index in [1.54, 1.807) is 6.08 Å². The maximum absolute atomic E-state index is 13.1. The van der Waals surface area contributed by atoms with Crippen molar-refractivity contribution in [1.29, 1.82) is 0 Å². The Bertz CT molecular complexity index is 1650. The smallest absolute Gasteiger partial charge is 0.220 e. The van der Waals surface area contributed by atoms with E-state index in [9.17, 15) is 30.3 Å². The third-order valence-corrected chi connectivity index (χ3v) is 13.5. The normalized spacial score (nSPS) is 19.8. The van der Waals surface area contributed by atoms with Crippen molar-refractivity contribution in [2.24, 2.45) is 0 Å². The third kappa shape index (κ3) is 43.3. The first-order valence-corrected chi connectivity index (χ1v) is 30.4. The van der Waals surface area contributed by atoms with Crippen LogP contribution in [0.15, 0.2) is 134 Å². The highest BCUT2D eigenvalue weighted by Gasteiger charge is 2.44. The van der Waals surface area contributed by atoms with Crippen LogP contribution in [0, 0.1) is 0 Å². The molecule has 1 heterocycles. The van der Waals surface area contributed by atoms with Gasteiger partial charge < -0.3 is 40.3 Å². The lowest BCUT2D eigenvalue weighted by Gasteiger charge is -2.40. The number of hydrogen-bond donors (Lipinski definition) is 6. The second kappa shape index (κ2) is 54.7. The first-order valence-electron chi connectivity index (χ1n) is 30.4. The summed E-state index contributed by atoms with van der Waals surface area (Å²) in [5.41, 5.74) is 0. The first kappa shape index (κ1) is 70.3. The number of amides is 1. The molecule has 432 valence electrons. The molecule has 9 heteroatoms. The second-order valence-electron chi connectivity index (χ2n) is 20.4. The van der Waals surface area contributed by atoms with Gasteiger partial charge >= 0.3 is 0 Å². The van der Waals surface area contributed by atoms with Crippen LogP contribution in [0.1, 0.15) is 226 Å². The van der Waals surface area contributed by atoms with Crippen molar-refractivity contribution in [3.05, 3.63) is 134 Å². The minimum absolute atomic E-state index is 0.211. The molecule has 0 aromatic rings. The Balaban J connectivity index is 2.26. The zero-order chi connectivity index (χ0) is 55.0. The van der Waals surface area contributed by atoms with E-state index in [-0.39, 0.29) is 12.5 Å². The molecule has 1 rings (SSSR count). The Morgan fingerprint density at radius 3 is 1.26 bits per heavy atom. The predicted octanol–water partition coefficient (Wildman–Crippen LogP) is 15.7. The average Bonchev–Trinajstić information content (AvgIpc) is 3.42. The van der Waals surface area contributed by atoms with Gasteiger partial charge in [-0.2, -0.15) is 0 Å². The minimum Gasteiger partial charge on any atom is -0.394 e. The highest BCUT2D eigenvalue weighted by atomic mass is 16.7. The van der Waals surface area contributed by atoms with Crippen molar-refractivity contribution in [2.75, 3.05) is 13.2 Å². The van der Waals surface area contributed by atoms with Crippen LogP contribution in [0.5, 0.6) is 0 Å². The number of nitrogens with one attached hydrogen (secondary N) is 1. The van der Waals surface area contributed by atoms with E-state index in [1.165, 1.54) is 89.9 Å². The molecule has 1 fully saturated rings. The molecule has 9 nitrogen and oxygen atoms in total. The van der Waals surface area contributed by atoms with Gasteiger partial charge in [-0.25, -0.2) is 0 Å². The molecule has 1 aliphatic rings. The van der Waals surface area contributed by atoms with Gasteiger partial charge in [-0.3, -0.25) is 4.79 Å². The molecular formula is C67H111NO8. The molecule has 76 heavy (non-hydrogen) atoms. The summed E-state index contributed by atoms with van der Waals surface area (Å²) in [7, 11) is 0. The fourth-order valence-corrected chi connectivity index (χ4v) is 8.69. The molecule has 7 atom stereocenters. The number of rotatable bonds is 50. The minimum atomic E-state index is -1.58.